The largest absolute Gasteiger partial charge is 0 e. The third-order valence-corrected chi connectivity index (χ3v) is 0. The predicted molar refractivity (Wildman–Crippen MR) is 0.686 cm³/mol. The van der Waals surface area contributed by atoms with Gasteiger partial charge in [-0.25, -0.2) is 0 Å². The zero-order valence-corrected chi connectivity index (χ0v) is 9.29. The molecule has 0 aliphatic rings. The van der Waals surface area contributed by atoms with E-state index in [9.17, 15) is 0 Å². The molecule has 26 valence electrons. The first-order valence-electron chi connectivity index (χ1n) is 0.204. The Morgan fingerprint density at radius 1 is 1.20 bits per heavy atom. The molecule has 0 spiro atoms. The average Bonchev–Trinajstić information content (AvgIpc) is 1.00. The first kappa shape index (κ1) is 27.1. The Morgan fingerprint density at radius 2 is 1.20 bits per heavy atom. The molecule has 0 atom stereocenters. The van der Waals surface area contributed by atoms with Crippen molar-refractivity contribution < 1.29 is 77.6 Å². The summed E-state index contributed by atoms with van der Waals surface area (Å²) in [4.78, 5) is 0. The van der Waals surface area contributed by atoms with Gasteiger partial charge in [0, 0.05) is 53.9 Å². The molecule has 5 heavy (non-hydrogen) atoms. The van der Waals surface area contributed by atoms with Crippen molar-refractivity contribution >= 4 is 0 Å². The van der Waals surface area contributed by atoms with Crippen LogP contribution in [0.15, 0.2) is 0 Å². The number of rotatable bonds is 0. The fourth-order valence-corrected chi connectivity index (χ4v) is 0. The first-order chi connectivity index (χ1) is 1.00. The van der Waals surface area contributed by atoms with E-state index in [0.29, 0.717) is 0 Å². The molecule has 0 aromatic heterocycles. The second-order valence-corrected chi connectivity index (χ2v) is 0. The van der Waals surface area contributed by atoms with Gasteiger partial charge in [-0.2, -0.15) is 0 Å². The minimum Gasteiger partial charge on any atom is 0 e. The smallest absolute Gasteiger partial charge is 0 e. The molecule has 0 aromatic carbocycles. The first-order valence-corrected chi connectivity index (χ1v) is 0.842. The molecule has 0 aliphatic carbocycles. The van der Waals surface area contributed by atoms with Crippen molar-refractivity contribution in [2.45, 2.75) is 0 Å². The van der Waals surface area contributed by atoms with Gasteiger partial charge < -0.3 is 0 Å². The van der Waals surface area contributed by atoms with Gasteiger partial charge in [0.1, 0.15) is 0 Å². The summed E-state index contributed by atoms with van der Waals surface area (Å²) in [5.74, 6) is 0. The molecule has 0 fully saturated rings. The van der Waals surface area contributed by atoms with Crippen LogP contribution in [0.3, 0.4) is 0 Å². The van der Waals surface area contributed by atoms with Crippen LogP contribution in [0.1, 0.15) is 0 Å². The minimum atomic E-state index is 0. The third kappa shape index (κ3) is 22.7. The molecule has 0 aliphatic heterocycles. The van der Waals surface area contributed by atoms with Gasteiger partial charge in [0.25, 0.3) is 0 Å². The summed E-state index contributed by atoms with van der Waals surface area (Å²) in [6.07, 6.45) is 0. The van der Waals surface area contributed by atoms with E-state index in [1.54, 1.807) is 0 Å². The van der Waals surface area contributed by atoms with Crippen molar-refractivity contribution in [3.05, 3.63) is 0 Å². The molecule has 0 rings (SSSR count). The molecule has 0 bridgehead atoms. The molecular weight excluding hydrogens is 237 g/mol. The SMILES string of the molecule is [Cr].[Fe].[O]=[Ti].[Zn]. The molecule has 1 nitrogen and oxygen atoms in total. The molecule has 0 amide bonds. The molecule has 0 radical (unpaired) electrons. The molecular formula is CrFeOTiZn. The van der Waals surface area contributed by atoms with E-state index in [4.69, 9.17) is 3.32 Å². The van der Waals surface area contributed by atoms with Crippen molar-refractivity contribution in [2.24, 2.45) is 0 Å². The molecule has 0 saturated heterocycles. The summed E-state index contributed by atoms with van der Waals surface area (Å²) >= 11 is 0.750. The van der Waals surface area contributed by atoms with Crippen LogP contribution in [0, 0.1) is 0 Å². The maximum absolute atomic E-state index is 8.25. The van der Waals surface area contributed by atoms with E-state index in [2.05, 4.69) is 0 Å². The van der Waals surface area contributed by atoms with Crippen molar-refractivity contribution in [1.82, 2.24) is 0 Å². The summed E-state index contributed by atoms with van der Waals surface area (Å²) in [5.41, 5.74) is 0. The van der Waals surface area contributed by atoms with Gasteiger partial charge in [0.05, 0.1) is 0 Å². The van der Waals surface area contributed by atoms with E-state index in [1.807, 2.05) is 0 Å². The van der Waals surface area contributed by atoms with Crippen LogP contribution in [-0.2, 0) is 77.6 Å². The Balaban J connectivity index is -0.00000000167. The van der Waals surface area contributed by atoms with Gasteiger partial charge in [-0.05, 0) is 0 Å². The van der Waals surface area contributed by atoms with Crippen LogP contribution >= 0.6 is 0 Å². The van der Waals surface area contributed by atoms with Gasteiger partial charge in [-0.1, -0.05) is 0 Å². The summed E-state index contributed by atoms with van der Waals surface area (Å²) in [6, 6.07) is 0. The van der Waals surface area contributed by atoms with Gasteiger partial charge in [0.2, 0.25) is 0 Å². The van der Waals surface area contributed by atoms with Crippen molar-refractivity contribution in [3.63, 3.8) is 0 Å². The van der Waals surface area contributed by atoms with E-state index < -0.39 is 0 Å². The fraction of sp³-hybridized carbons (Fsp3) is 0. The molecule has 0 unspecified atom stereocenters. The summed E-state index contributed by atoms with van der Waals surface area (Å²) < 4.78 is 8.25. The van der Waals surface area contributed by atoms with Gasteiger partial charge in [-0.15, -0.1) is 0 Å². The van der Waals surface area contributed by atoms with Crippen LogP contribution in [0.2, 0.25) is 0 Å². The number of hydrogen-bond acceptors (Lipinski definition) is 1. The summed E-state index contributed by atoms with van der Waals surface area (Å²) in [6.45, 7) is 0. The minimum absolute atomic E-state index is 0. The van der Waals surface area contributed by atoms with E-state index in [0.717, 1.165) is 20.4 Å². The monoisotopic (exact) mass is 236 g/mol. The van der Waals surface area contributed by atoms with Crippen molar-refractivity contribution in [2.75, 3.05) is 0 Å². The van der Waals surface area contributed by atoms with Crippen LogP contribution in [0.4, 0.5) is 0 Å². The molecule has 5 heteroatoms. The standard InChI is InChI=1S/Cr.Fe.O.Ti.Zn. The normalized spacial score (nSPS) is 0.600. The Bertz CT molecular complexity index is 11.6. The van der Waals surface area contributed by atoms with Gasteiger partial charge >= 0.3 is 23.7 Å². The zero-order chi connectivity index (χ0) is 2.00. The van der Waals surface area contributed by atoms with E-state index in [1.165, 1.54) is 0 Å². The van der Waals surface area contributed by atoms with Crippen LogP contribution in [0.25, 0.3) is 0 Å². The maximum Gasteiger partial charge on any atom is 0 e. The second-order valence-electron chi connectivity index (χ2n) is 0. The molecule has 0 aromatic rings. The van der Waals surface area contributed by atoms with Crippen LogP contribution < -0.4 is 0 Å². The van der Waals surface area contributed by atoms with E-state index in [-0.39, 0.29) is 53.9 Å². The third-order valence-electron chi connectivity index (χ3n) is 0. The second kappa shape index (κ2) is 34.8. The van der Waals surface area contributed by atoms with Gasteiger partial charge in [0.15, 0.2) is 0 Å². The Labute approximate surface area is 76.7 Å². The van der Waals surface area contributed by atoms with Crippen LogP contribution in [-0.4, -0.2) is 0 Å². The van der Waals surface area contributed by atoms with E-state index >= 15 is 0 Å². The predicted octanol–water partition coefficient (Wildman–Crippen LogP) is -0.129. The summed E-state index contributed by atoms with van der Waals surface area (Å²) in [5, 5.41) is 0. The van der Waals surface area contributed by atoms with Crippen molar-refractivity contribution in [1.29, 1.82) is 0 Å². The fourth-order valence-electron chi connectivity index (χ4n) is 0. The molecule has 0 saturated carbocycles. The maximum atomic E-state index is 8.25. The molecule has 0 heterocycles. The summed E-state index contributed by atoms with van der Waals surface area (Å²) in [7, 11) is 0. The Hall–Kier alpha value is 2.19. The van der Waals surface area contributed by atoms with Gasteiger partial charge in [-0.3, -0.25) is 0 Å². The average molecular weight is 237 g/mol. The van der Waals surface area contributed by atoms with Crippen LogP contribution in [0.5, 0.6) is 0 Å². The Morgan fingerprint density at radius 3 is 1.20 bits per heavy atom. The Kier molecular flexibility index (Phi) is 188. The molecule has 0 N–H and O–H groups in total. The number of hydrogen-bond donors (Lipinski definition) is 0. The van der Waals surface area contributed by atoms with Crippen molar-refractivity contribution in [3.8, 4) is 0 Å². The topological polar surface area (TPSA) is 17.1 Å². The quantitative estimate of drug-likeness (QED) is 0.536. The zero-order valence-electron chi connectivity index (χ0n) is 2.38.